The van der Waals surface area contributed by atoms with Gasteiger partial charge < -0.3 is 47.0 Å². The Morgan fingerprint density at radius 3 is 1.92 bits per heavy atom. The van der Waals surface area contributed by atoms with Crippen molar-refractivity contribution in [2.75, 3.05) is 27.2 Å². The van der Waals surface area contributed by atoms with E-state index in [-0.39, 0.29) is 74.8 Å². The first-order valence-corrected chi connectivity index (χ1v) is 11.0. The molecule has 3 atom stereocenters. The van der Waals surface area contributed by atoms with Crippen molar-refractivity contribution in [2.24, 2.45) is 5.73 Å². The molecule has 7 N–H and O–H groups in total. The summed E-state index contributed by atoms with van der Waals surface area (Å²) in [5.74, 6) is -6.48. The second kappa shape index (κ2) is 19.4. The molecule has 0 aromatic heterocycles. The Balaban J connectivity index is 0. The summed E-state index contributed by atoms with van der Waals surface area (Å²) in [5.41, 5.74) is 5.25. The summed E-state index contributed by atoms with van der Waals surface area (Å²) in [5, 5.41) is 34.2. The van der Waals surface area contributed by atoms with E-state index in [2.05, 4.69) is 16.0 Å². The third-order valence-electron chi connectivity index (χ3n) is 4.79. The zero-order valence-electron chi connectivity index (χ0n) is 21.2. The van der Waals surface area contributed by atoms with Crippen LogP contribution in [0.25, 0.3) is 0 Å². The molecule has 0 heterocycles. The van der Waals surface area contributed by atoms with Crippen LogP contribution in [0, 0.1) is 5.41 Å². The number of carboxylic acids is 2. The molecule has 0 aliphatic heterocycles. The van der Waals surface area contributed by atoms with E-state index in [9.17, 15) is 43.8 Å². The predicted octanol–water partition coefficient (Wildman–Crippen LogP) is -7.07. The van der Waals surface area contributed by atoms with Gasteiger partial charge in [-0.15, -0.1) is 0 Å². The summed E-state index contributed by atoms with van der Waals surface area (Å²) in [4.78, 5) is 84.1. The maximum Gasteiger partial charge on any atom is 1.00 e. The van der Waals surface area contributed by atoms with Crippen LogP contribution >= 0.6 is 0 Å². The second-order valence-electron chi connectivity index (χ2n) is 8.17. The molecule has 3 unspecified atom stereocenters. The van der Waals surface area contributed by atoms with Crippen LogP contribution in [-0.2, 0) is 33.6 Å². The van der Waals surface area contributed by atoms with Gasteiger partial charge in [0.25, 0.3) is 0 Å². The molecule has 37 heavy (non-hydrogen) atoms. The number of likely N-dealkylation sites (N-methyl/N-ethyl adjacent to an activating group) is 1. The van der Waals surface area contributed by atoms with Crippen LogP contribution < -0.4 is 56.3 Å². The molecule has 202 valence electrons. The molecule has 0 spiro atoms. The van der Waals surface area contributed by atoms with Crippen molar-refractivity contribution in [2.45, 2.75) is 56.7 Å². The topological polar surface area (TPSA) is 252 Å². The van der Waals surface area contributed by atoms with Crippen LogP contribution in [0.15, 0.2) is 0 Å². The molecule has 15 nitrogen and oxygen atoms in total. The predicted molar refractivity (Wildman–Crippen MR) is 123 cm³/mol. The van der Waals surface area contributed by atoms with Crippen LogP contribution in [0.2, 0.25) is 0 Å². The number of Topliss-reactive ketones (excluding diaryl/α,β-unsaturated/α-hetero) is 2. The zero-order chi connectivity index (χ0) is 27.8. The molecule has 0 rings (SSSR count). The Bertz CT molecular complexity index is 852. The summed E-state index contributed by atoms with van der Waals surface area (Å²) in [6.07, 6.45) is -1.36. The molecule has 0 fully saturated rings. The Morgan fingerprint density at radius 1 is 0.892 bits per heavy atom. The van der Waals surface area contributed by atoms with Crippen LogP contribution in [0.3, 0.4) is 0 Å². The molecule has 0 saturated carbocycles. The minimum absolute atomic E-state index is 0. The van der Waals surface area contributed by atoms with Crippen molar-refractivity contribution in [3.05, 3.63) is 0 Å². The fourth-order valence-corrected chi connectivity index (χ4v) is 2.88. The van der Waals surface area contributed by atoms with Gasteiger partial charge in [-0.25, -0.2) is 4.79 Å². The van der Waals surface area contributed by atoms with Gasteiger partial charge in [0.15, 0.2) is 5.78 Å². The summed E-state index contributed by atoms with van der Waals surface area (Å²) in [6.45, 7) is -0.388. The van der Waals surface area contributed by atoms with E-state index in [0.29, 0.717) is 6.21 Å². The number of carbonyl (C=O) groups is 7. The molecule has 0 aromatic carbocycles. The fourth-order valence-electron chi connectivity index (χ4n) is 2.88. The average molecular weight is 537 g/mol. The summed E-state index contributed by atoms with van der Waals surface area (Å²) < 4.78 is 0. The van der Waals surface area contributed by atoms with E-state index in [0.717, 1.165) is 0 Å². The number of carbonyl (C=O) groups excluding carboxylic acids is 6. The standard InChI is InChI=1S/C21H34N6O9.Na/c1-27(2)11-18(31)25-15(20(33)34)7-8-17(30)24-14(5-3-12(28)9-22)19(32)26-16(21(35)36)6-4-13(29)10-23;/h10,14-16,23H,3-9,11,22H2,1-2H3,(H,24,30)(H,25,31)(H,26,32)(H,33,34)(H,35,36);/q;+1/p-1. The summed E-state index contributed by atoms with van der Waals surface area (Å²) in [6, 6.07) is -4.35. The molecule has 3 amide bonds. The molecule has 16 heteroatoms. The largest absolute Gasteiger partial charge is 1.00 e. The van der Waals surface area contributed by atoms with Crippen LogP contribution in [0.5, 0.6) is 0 Å². The zero-order valence-corrected chi connectivity index (χ0v) is 23.2. The van der Waals surface area contributed by atoms with E-state index in [1.54, 1.807) is 14.1 Å². The van der Waals surface area contributed by atoms with Crippen molar-refractivity contribution in [3.63, 3.8) is 0 Å². The second-order valence-corrected chi connectivity index (χ2v) is 8.17. The fraction of sp³-hybridized carbons (Fsp3) is 0.619. The maximum absolute atomic E-state index is 12.7. The Hall–Kier alpha value is -2.72. The first-order chi connectivity index (χ1) is 16.8. The summed E-state index contributed by atoms with van der Waals surface area (Å²) in [7, 11) is 3.22. The Kier molecular flexibility index (Phi) is 19.1. The third kappa shape index (κ3) is 16.6. The van der Waals surface area contributed by atoms with Gasteiger partial charge in [-0.1, -0.05) is 0 Å². The number of amides is 3. The Labute approximate surface area is 236 Å². The van der Waals surface area contributed by atoms with E-state index in [1.807, 2.05) is 0 Å². The molecule has 0 aromatic rings. The maximum atomic E-state index is 12.7. The third-order valence-corrected chi connectivity index (χ3v) is 4.79. The van der Waals surface area contributed by atoms with Gasteiger partial charge in [0, 0.05) is 19.3 Å². The number of nitrogens with one attached hydrogen (secondary N) is 4. The van der Waals surface area contributed by atoms with Crippen LogP contribution in [-0.4, -0.2) is 103 Å². The molecule has 0 aliphatic rings. The molecule has 0 saturated heterocycles. The van der Waals surface area contributed by atoms with Crippen molar-refractivity contribution < 1.29 is 73.3 Å². The van der Waals surface area contributed by atoms with Gasteiger partial charge in [0.05, 0.1) is 31.3 Å². The minimum atomic E-state index is -1.69. The average Bonchev–Trinajstić information content (AvgIpc) is 2.80. The number of carboxylic acid groups (broad SMARTS) is 2. The SMILES string of the molecule is CN(C)CC(=O)NC(CCC(=O)NC(CCC(=O)CN)C(=O)NC(CCC(=O)C=N)C(=O)[O-])C(=O)O.[Na+]. The van der Waals surface area contributed by atoms with Gasteiger partial charge in [0.2, 0.25) is 17.7 Å². The smallest absolute Gasteiger partial charge is 0.548 e. The number of hydrogen-bond donors (Lipinski definition) is 6. The van der Waals surface area contributed by atoms with E-state index in [4.69, 9.17) is 11.1 Å². The molecular weight excluding hydrogens is 503 g/mol. The molecule has 0 aliphatic carbocycles. The van der Waals surface area contributed by atoms with Crippen molar-refractivity contribution in [1.82, 2.24) is 20.9 Å². The van der Waals surface area contributed by atoms with E-state index in [1.165, 1.54) is 4.90 Å². The van der Waals surface area contributed by atoms with Gasteiger partial charge >= 0.3 is 35.5 Å². The number of nitrogens with two attached hydrogens (primary N) is 1. The number of rotatable bonds is 19. The van der Waals surface area contributed by atoms with Crippen LogP contribution in [0.1, 0.15) is 38.5 Å². The van der Waals surface area contributed by atoms with Crippen molar-refractivity contribution >= 4 is 47.4 Å². The minimum Gasteiger partial charge on any atom is -0.548 e. The number of hydrogen-bond acceptors (Lipinski definition) is 11. The molecular formula is C21H33N6NaO9. The van der Waals surface area contributed by atoms with Crippen molar-refractivity contribution in [3.8, 4) is 0 Å². The van der Waals surface area contributed by atoms with Gasteiger partial charge in [-0.05, 0) is 33.4 Å². The number of aliphatic carboxylic acids is 2. The Morgan fingerprint density at radius 2 is 1.43 bits per heavy atom. The molecule has 0 radical (unpaired) electrons. The van der Waals surface area contributed by atoms with Crippen molar-refractivity contribution in [1.29, 1.82) is 5.41 Å². The van der Waals surface area contributed by atoms with Crippen LogP contribution in [0.4, 0.5) is 0 Å². The van der Waals surface area contributed by atoms with E-state index < -0.39 is 65.8 Å². The van der Waals surface area contributed by atoms with Gasteiger partial charge in [0.1, 0.15) is 17.9 Å². The molecule has 0 bridgehead atoms. The normalized spacial score (nSPS) is 12.8. The first kappa shape index (κ1) is 36.4. The quantitative estimate of drug-likeness (QED) is 0.0668. The van der Waals surface area contributed by atoms with Gasteiger partial charge in [-0.2, -0.15) is 0 Å². The number of ketones is 2. The first-order valence-electron chi connectivity index (χ1n) is 11.0. The number of nitrogens with zero attached hydrogens (tertiary/aromatic N) is 1. The van der Waals surface area contributed by atoms with Gasteiger partial charge in [-0.3, -0.25) is 24.0 Å². The van der Waals surface area contributed by atoms with E-state index >= 15 is 0 Å². The monoisotopic (exact) mass is 536 g/mol. The summed E-state index contributed by atoms with van der Waals surface area (Å²) >= 11 is 0.